The van der Waals surface area contributed by atoms with E-state index < -0.39 is 53.3 Å². The fourth-order valence-electron chi connectivity index (χ4n) is 2.45. The third-order valence-electron chi connectivity index (χ3n) is 3.73. The van der Waals surface area contributed by atoms with Crippen molar-refractivity contribution in [2.75, 3.05) is 26.9 Å². The number of phosphoric ester groups is 2. The second-order valence-electron chi connectivity index (χ2n) is 5.72. The highest BCUT2D eigenvalue weighted by atomic mass is 31.2. The molecule has 8 atom stereocenters. The highest BCUT2D eigenvalue weighted by molar-refractivity contribution is 7.47. The average molecular weight is 405 g/mol. The molecule has 8 unspecified atom stereocenters. The molecule has 0 aromatic heterocycles. The number of ether oxygens (including phenoxy) is 2. The van der Waals surface area contributed by atoms with Crippen molar-refractivity contribution < 1.29 is 53.0 Å². The van der Waals surface area contributed by atoms with Gasteiger partial charge in [0.15, 0.2) is 0 Å². The van der Waals surface area contributed by atoms with Crippen LogP contribution in [0.25, 0.3) is 0 Å². The van der Waals surface area contributed by atoms with Gasteiger partial charge in [-0.3, -0.25) is 18.1 Å². The third kappa shape index (κ3) is 6.68. The lowest BCUT2D eigenvalue weighted by Crippen LogP contribution is -2.30. The lowest BCUT2D eigenvalue weighted by atomic mass is 9.96. The van der Waals surface area contributed by atoms with Gasteiger partial charge in [-0.1, -0.05) is 0 Å². The molecule has 3 N–H and O–H groups in total. The van der Waals surface area contributed by atoms with Gasteiger partial charge < -0.3 is 24.4 Å². The Morgan fingerprint density at radius 1 is 1.24 bits per heavy atom. The van der Waals surface area contributed by atoms with E-state index in [1.807, 2.05) is 0 Å². The Morgan fingerprint density at radius 3 is 2.48 bits per heavy atom. The lowest BCUT2D eigenvalue weighted by Gasteiger charge is -2.23. The van der Waals surface area contributed by atoms with Crippen LogP contribution in [0.5, 0.6) is 0 Å². The zero-order chi connectivity index (χ0) is 19.5. The van der Waals surface area contributed by atoms with Crippen LogP contribution in [0.1, 0.15) is 14.2 Å². The summed E-state index contributed by atoms with van der Waals surface area (Å²) in [6.45, 7) is -1.90. The summed E-state index contributed by atoms with van der Waals surface area (Å²) in [7, 11) is -6.08. The topological polar surface area (TPSA) is 150 Å². The average Bonchev–Trinajstić information content (AvgIpc) is 3.04. The van der Waals surface area contributed by atoms with E-state index >= 15 is 0 Å². The van der Waals surface area contributed by atoms with E-state index in [-0.39, 0.29) is 19.0 Å². The first kappa shape index (κ1) is 19.9. The van der Waals surface area contributed by atoms with Crippen LogP contribution < -0.4 is 0 Å². The first-order valence-corrected chi connectivity index (χ1v) is 10.6. The maximum atomic E-state index is 12.1. The van der Waals surface area contributed by atoms with Crippen molar-refractivity contribution in [2.45, 2.75) is 43.3 Å². The summed E-state index contributed by atoms with van der Waals surface area (Å²) in [6, 6.07) is -0.193. The van der Waals surface area contributed by atoms with Gasteiger partial charge in [0.05, 0.1) is 20.7 Å². The van der Waals surface area contributed by atoms with E-state index in [9.17, 15) is 24.0 Å². The summed E-state index contributed by atoms with van der Waals surface area (Å²) in [5.41, 5.74) is 0. The number of aliphatic hydroxyl groups excluding tert-OH is 1. The number of aliphatic hydroxyl groups is 1. The fourth-order valence-corrected chi connectivity index (χ4v) is 3.85. The molecule has 146 valence electrons. The zero-order valence-corrected chi connectivity index (χ0v) is 15.6. The van der Waals surface area contributed by atoms with Crippen molar-refractivity contribution in [2.24, 2.45) is 0 Å². The summed E-state index contributed by atoms with van der Waals surface area (Å²) in [5.74, 6) is 0. The van der Waals surface area contributed by atoms with E-state index in [1.165, 1.54) is 0 Å². The summed E-state index contributed by atoms with van der Waals surface area (Å²) in [5, 5.41) is 9.75. The molecule has 2 rings (SSSR count). The van der Waals surface area contributed by atoms with Gasteiger partial charge in [0, 0.05) is 26.1 Å². The van der Waals surface area contributed by atoms with Crippen LogP contribution in [-0.4, -0.2) is 80.1 Å². The molecule has 0 spiro atoms. The predicted octanol–water partition coefficient (Wildman–Crippen LogP) is -0.850. The molecular weight excluding hydrogens is 381 g/mol. The minimum absolute atomic E-state index is 0.0652. The summed E-state index contributed by atoms with van der Waals surface area (Å²) < 4.78 is 60.3. The van der Waals surface area contributed by atoms with Crippen molar-refractivity contribution in [3.05, 3.63) is 0 Å². The molecule has 25 heavy (non-hydrogen) atoms. The highest BCUT2D eigenvalue weighted by Crippen LogP contribution is 2.48. The predicted molar refractivity (Wildman–Crippen MR) is 85.6 cm³/mol. The highest BCUT2D eigenvalue weighted by Gasteiger charge is 2.39. The molecule has 0 amide bonds. The lowest BCUT2D eigenvalue weighted by molar-refractivity contribution is -0.0229. The maximum Gasteiger partial charge on any atom is 0.472 e. The smallest absolute Gasteiger partial charge is 0.390 e. The van der Waals surface area contributed by atoms with Crippen LogP contribution >= 0.6 is 15.6 Å². The molecule has 2 heterocycles. The molecule has 0 bridgehead atoms. The molecule has 2 saturated heterocycles. The standard InChI is InChI=1S/C11H23BO11P2/c1-18-24(14,15)20-6-10-8(2-3-19-10)23-25(16,17)21-5-9-7(13)4-11(12)22-9/h7-11,13H,2-6,12H2,1H3,(H,14,15)(H,16,17)/i3D. The van der Waals surface area contributed by atoms with Crippen LogP contribution in [-0.2, 0) is 36.7 Å². The van der Waals surface area contributed by atoms with Crippen LogP contribution in [0.3, 0.4) is 0 Å². The van der Waals surface area contributed by atoms with E-state index in [4.69, 9.17) is 19.9 Å². The van der Waals surface area contributed by atoms with Crippen molar-refractivity contribution in [3.63, 3.8) is 0 Å². The molecule has 0 aliphatic carbocycles. The molecule has 11 nitrogen and oxygen atoms in total. The van der Waals surface area contributed by atoms with Gasteiger partial charge in [-0.15, -0.1) is 0 Å². The van der Waals surface area contributed by atoms with Gasteiger partial charge in [-0.2, -0.15) is 0 Å². The maximum absolute atomic E-state index is 12.1. The van der Waals surface area contributed by atoms with Crippen LogP contribution in [0, 0.1) is 0 Å². The Bertz CT molecular complexity index is 568. The van der Waals surface area contributed by atoms with Crippen LogP contribution in [0.2, 0.25) is 0 Å². The summed E-state index contributed by atoms with van der Waals surface area (Å²) in [6.07, 6.45) is -3.35. The number of rotatable bonds is 9. The van der Waals surface area contributed by atoms with Gasteiger partial charge in [0.1, 0.15) is 26.2 Å². The largest absolute Gasteiger partial charge is 0.472 e. The molecule has 2 fully saturated rings. The van der Waals surface area contributed by atoms with Crippen LogP contribution in [0.15, 0.2) is 0 Å². The third-order valence-corrected chi connectivity index (χ3v) is 5.68. The van der Waals surface area contributed by atoms with Gasteiger partial charge in [-0.25, -0.2) is 9.13 Å². The number of phosphoric acid groups is 2. The SMILES string of the molecule is [2H]C1CC(OP(=O)(O)OCC2OC(B)CC2O)C(COP(=O)(O)OC)O1. The fraction of sp³-hybridized carbons (Fsp3) is 1.00. The minimum Gasteiger partial charge on any atom is -0.390 e. The molecule has 2 aliphatic rings. The number of hydrogen-bond acceptors (Lipinski definition) is 9. The molecule has 0 radical (unpaired) electrons. The first-order valence-electron chi connectivity index (χ1n) is 8.19. The summed E-state index contributed by atoms with van der Waals surface area (Å²) in [4.78, 5) is 19.1. The molecule has 14 heteroatoms. The molecule has 0 aromatic rings. The normalized spacial score (nSPS) is 41.2. The Morgan fingerprint density at radius 2 is 1.88 bits per heavy atom. The zero-order valence-electron chi connectivity index (χ0n) is 14.8. The Hall–Kier alpha value is 0.165. The quantitative estimate of drug-likeness (QED) is 0.325. The van der Waals surface area contributed by atoms with E-state index in [0.29, 0.717) is 6.42 Å². The molecule has 0 aromatic carbocycles. The van der Waals surface area contributed by atoms with Crippen molar-refractivity contribution in [1.82, 2.24) is 0 Å². The van der Waals surface area contributed by atoms with Crippen molar-refractivity contribution in [1.29, 1.82) is 0 Å². The number of hydrogen-bond donors (Lipinski definition) is 3. The summed E-state index contributed by atoms with van der Waals surface area (Å²) >= 11 is 0. The Labute approximate surface area is 147 Å². The van der Waals surface area contributed by atoms with Gasteiger partial charge >= 0.3 is 15.6 Å². The Balaban J connectivity index is 1.87. The second-order valence-corrected chi connectivity index (χ2v) is 8.69. The monoisotopic (exact) mass is 405 g/mol. The molecule has 0 saturated carbocycles. The van der Waals surface area contributed by atoms with Gasteiger partial charge in [0.2, 0.25) is 0 Å². The minimum atomic E-state index is -4.55. The van der Waals surface area contributed by atoms with Crippen molar-refractivity contribution in [3.8, 4) is 0 Å². The van der Waals surface area contributed by atoms with Gasteiger partial charge in [0.25, 0.3) is 0 Å². The Kier molecular flexibility index (Phi) is 7.09. The molecular formula is C11H23BO11P2. The first-order chi connectivity index (χ1) is 12.0. The van der Waals surface area contributed by atoms with E-state index in [1.54, 1.807) is 7.85 Å². The second kappa shape index (κ2) is 8.90. The van der Waals surface area contributed by atoms with Gasteiger partial charge in [-0.05, 0) is 6.42 Å². The van der Waals surface area contributed by atoms with Crippen molar-refractivity contribution >= 4 is 23.5 Å². The van der Waals surface area contributed by atoms with E-state index in [0.717, 1.165) is 7.11 Å². The van der Waals surface area contributed by atoms with Crippen LogP contribution in [0.4, 0.5) is 0 Å². The van der Waals surface area contributed by atoms with E-state index in [2.05, 4.69) is 9.05 Å². The molecule has 2 aliphatic heterocycles.